The van der Waals surface area contributed by atoms with Crippen LogP contribution in [-0.2, 0) is 38.3 Å². The van der Waals surface area contributed by atoms with Gasteiger partial charge in [0.15, 0.2) is 33.1 Å². The van der Waals surface area contributed by atoms with Crippen molar-refractivity contribution in [2.45, 2.75) is 68.6 Å². The largest absolute Gasteiger partial charge is 0.469 e. The highest BCUT2D eigenvalue weighted by Gasteiger charge is 2.36. The third-order valence-electron chi connectivity index (χ3n) is 9.60. The third kappa shape index (κ3) is 7.50. The topological polar surface area (TPSA) is 120 Å². The van der Waals surface area contributed by atoms with Crippen molar-refractivity contribution < 1.29 is 26.7 Å². The molecule has 0 aliphatic carbocycles. The van der Waals surface area contributed by atoms with Gasteiger partial charge in [-0.1, -0.05) is 63.2 Å². The molecule has 3 aromatic heterocycles. The third-order valence-corrected chi connectivity index (χ3v) is 12.4. The van der Waals surface area contributed by atoms with E-state index in [9.17, 15) is 13.2 Å². The number of H-pyrrole nitrogens is 1. The molecule has 6 rings (SSSR count). The number of sulfone groups is 1. The number of esters is 1. The van der Waals surface area contributed by atoms with Crippen LogP contribution in [0.3, 0.4) is 0 Å². The highest BCUT2D eigenvalue weighted by Crippen LogP contribution is 2.42. The summed E-state index contributed by atoms with van der Waals surface area (Å²) in [6, 6.07) is 13.1. The molecule has 1 aliphatic heterocycles. The summed E-state index contributed by atoms with van der Waals surface area (Å²) in [5.41, 5.74) is 1.31. The van der Waals surface area contributed by atoms with Crippen LogP contribution in [0.1, 0.15) is 69.5 Å². The number of benzene rings is 2. The number of carbonyl (C=O) groups excluding carboxylic acids is 1. The van der Waals surface area contributed by atoms with Gasteiger partial charge in [0.2, 0.25) is 0 Å². The van der Waals surface area contributed by atoms with Gasteiger partial charge in [-0.2, -0.15) is 5.10 Å². The van der Waals surface area contributed by atoms with E-state index in [2.05, 4.69) is 23.0 Å². The number of methoxy groups -OCH3 is 1. The molecular formula is C38H41F2N5O4S2. The number of fused-ring (bicyclic) bond motifs is 8. The van der Waals surface area contributed by atoms with E-state index in [1.807, 2.05) is 39.0 Å². The molecule has 2 aromatic carbocycles. The van der Waals surface area contributed by atoms with Gasteiger partial charge in [-0.25, -0.2) is 26.9 Å². The number of aromatic amines is 1. The van der Waals surface area contributed by atoms with E-state index in [4.69, 9.17) is 14.8 Å². The first-order valence-corrected chi connectivity index (χ1v) is 19.3. The number of nitrogens with one attached hydrogen (secondary N) is 1. The summed E-state index contributed by atoms with van der Waals surface area (Å²) in [4.78, 5) is 25.1. The first kappa shape index (κ1) is 36.4. The predicted molar refractivity (Wildman–Crippen MR) is 195 cm³/mol. The van der Waals surface area contributed by atoms with E-state index in [-0.39, 0.29) is 33.6 Å². The van der Waals surface area contributed by atoms with E-state index >= 15 is 8.78 Å². The molecule has 1 aliphatic rings. The van der Waals surface area contributed by atoms with E-state index in [0.29, 0.717) is 53.3 Å². The van der Waals surface area contributed by atoms with E-state index in [0.717, 1.165) is 28.3 Å². The molecule has 0 amide bonds. The summed E-state index contributed by atoms with van der Waals surface area (Å²) < 4.78 is 64.9. The quantitative estimate of drug-likeness (QED) is 0.184. The maximum absolute atomic E-state index is 15.8. The number of hydrogen-bond acceptors (Lipinski definition) is 8. The van der Waals surface area contributed by atoms with Crippen molar-refractivity contribution in [3.8, 4) is 11.5 Å². The Hall–Kier alpha value is -4.36. The Balaban J connectivity index is 1.49. The molecule has 4 heterocycles. The second-order valence-electron chi connectivity index (χ2n) is 14.3. The number of ether oxygens (including phenoxy) is 1. The number of nitrogens with zero attached hydrogens (tertiary/aromatic N) is 4. The zero-order chi connectivity index (χ0) is 36.7. The Morgan fingerprint density at radius 1 is 1.12 bits per heavy atom. The molecule has 0 spiro atoms. The molecule has 2 atom stereocenters. The normalized spacial score (nSPS) is 20.2. The lowest BCUT2D eigenvalue weighted by Gasteiger charge is -2.30. The minimum absolute atomic E-state index is 0.0371. The van der Waals surface area contributed by atoms with Gasteiger partial charge in [0, 0.05) is 40.7 Å². The molecule has 5 aromatic rings. The fraction of sp³-hybridized carbons (Fsp3) is 0.368. The van der Waals surface area contributed by atoms with Gasteiger partial charge in [-0.05, 0) is 67.0 Å². The SMILES string of the molecule is COC(=O)[C@H](C)Cc1cccc([C@@]2(C)CCCC(C)(C)CS(=O)(=O)/C=C/c3c(c(F)c(F)c4[nH]ccc34)Sc3ccnc(c3)-c3nc2nn3C)c1. The van der Waals surface area contributed by atoms with Gasteiger partial charge in [-0.15, -0.1) is 0 Å². The van der Waals surface area contributed by atoms with Crippen LogP contribution in [0, 0.1) is 23.0 Å². The number of rotatable bonds is 4. The summed E-state index contributed by atoms with van der Waals surface area (Å²) >= 11 is 0.981. The average molecular weight is 734 g/mol. The van der Waals surface area contributed by atoms with E-state index in [1.54, 1.807) is 36.1 Å². The standard InChI is InChI=1S/C38H41F2N5O4S2/c1-23(35(46)49-6)19-24-9-7-10-25(20-24)38(4)15-8-14-37(2,3)22-51(47,48)18-13-28-27-12-17-42-32(27)30(39)31(40)33(28)50-26-11-16-41-29(21-26)34-43-36(38)44-45(34)5/h7,9-13,16-18,20-21,23,42H,8,14-15,19,22H2,1-6H3/b18-13+/t23-,38-/m1/s1. The predicted octanol–water partition coefficient (Wildman–Crippen LogP) is 8.04. The number of aryl methyl sites for hydroxylation is 1. The molecular weight excluding hydrogens is 693 g/mol. The Labute approximate surface area is 300 Å². The lowest BCUT2D eigenvalue weighted by molar-refractivity contribution is -0.144. The second kappa shape index (κ2) is 14.0. The number of halogens is 2. The van der Waals surface area contributed by atoms with Gasteiger partial charge in [0.25, 0.3) is 0 Å². The maximum Gasteiger partial charge on any atom is 0.308 e. The second-order valence-corrected chi connectivity index (χ2v) is 17.3. The highest BCUT2D eigenvalue weighted by atomic mass is 32.2. The fourth-order valence-corrected chi connectivity index (χ4v) is 9.54. The first-order chi connectivity index (χ1) is 24.1. The maximum atomic E-state index is 15.8. The Kier molecular flexibility index (Phi) is 9.99. The zero-order valence-corrected chi connectivity index (χ0v) is 31.1. The van der Waals surface area contributed by atoms with E-state index < -0.39 is 32.3 Å². The van der Waals surface area contributed by atoms with Gasteiger partial charge >= 0.3 is 5.97 Å². The minimum Gasteiger partial charge on any atom is -0.469 e. The van der Waals surface area contributed by atoms with Crippen LogP contribution >= 0.6 is 11.8 Å². The van der Waals surface area contributed by atoms with Crippen LogP contribution < -0.4 is 0 Å². The molecule has 51 heavy (non-hydrogen) atoms. The average Bonchev–Trinajstić information content (AvgIpc) is 3.73. The summed E-state index contributed by atoms with van der Waals surface area (Å²) in [6.45, 7) is 7.75. The molecule has 0 radical (unpaired) electrons. The highest BCUT2D eigenvalue weighted by molar-refractivity contribution is 7.99. The lowest BCUT2D eigenvalue weighted by atomic mass is 9.75. The smallest absolute Gasteiger partial charge is 0.308 e. The summed E-state index contributed by atoms with van der Waals surface area (Å²) in [6.07, 6.45) is 6.77. The zero-order valence-electron chi connectivity index (χ0n) is 29.5. The van der Waals surface area contributed by atoms with Gasteiger partial charge in [0.1, 0.15) is 5.69 Å². The number of hydrogen-bond donors (Lipinski definition) is 1. The summed E-state index contributed by atoms with van der Waals surface area (Å²) in [5.74, 6) is -1.84. The van der Waals surface area contributed by atoms with Gasteiger partial charge in [0.05, 0.1) is 34.6 Å². The van der Waals surface area contributed by atoms with Crippen LogP contribution in [0.2, 0.25) is 0 Å². The molecule has 0 fully saturated rings. The first-order valence-electron chi connectivity index (χ1n) is 16.7. The van der Waals surface area contributed by atoms with Gasteiger partial charge < -0.3 is 9.72 Å². The van der Waals surface area contributed by atoms with Crippen molar-refractivity contribution in [2.75, 3.05) is 12.9 Å². The molecule has 0 saturated carbocycles. The molecule has 0 saturated heterocycles. The van der Waals surface area contributed by atoms with Crippen molar-refractivity contribution in [3.05, 3.63) is 94.4 Å². The van der Waals surface area contributed by atoms with Crippen LogP contribution in [-0.4, -0.2) is 52.0 Å². The monoisotopic (exact) mass is 733 g/mol. The summed E-state index contributed by atoms with van der Waals surface area (Å²) in [7, 11) is -0.610. The van der Waals surface area contributed by atoms with Crippen molar-refractivity contribution in [1.29, 1.82) is 0 Å². The molecule has 268 valence electrons. The van der Waals surface area contributed by atoms with E-state index in [1.165, 1.54) is 19.4 Å². The van der Waals surface area contributed by atoms with Crippen molar-refractivity contribution in [2.24, 2.45) is 18.4 Å². The number of carbonyl (C=O) groups is 1. The summed E-state index contributed by atoms with van der Waals surface area (Å²) in [5, 5.41) is 6.38. The minimum atomic E-state index is -3.78. The fourth-order valence-electron chi connectivity index (χ4n) is 6.87. The molecule has 13 heteroatoms. The lowest BCUT2D eigenvalue weighted by Crippen LogP contribution is -2.28. The van der Waals surface area contributed by atoms with Crippen LogP contribution in [0.15, 0.2) is 70.1 Å². The number of pyridine rings is 1. The molecule has 1 N–H and O–H groups in total. The van der Waals surface area contributed by atoms with Crippen molar-refractivity contribution in [1.82, 2.24) is 24.7 Å². The van der Waals surface area contributed by atoms with Crippen molar-refractivity contribution in [3.63, 3.8) is 0 Å². The molecule has 9 nitrogen and oxygen atoms in total. The number of aromatic nitrogens is 5. The van der Waals surface area contributed by atoms with Crippen molar-refractivity contribution >= 4 is 44.5 Å². The Bertz CT molecular complexity index is 2260. The Morgan fingerprint density at radius 2 is 1.90 bits per heavy atom. The van der Waals surface area contributed by atoms with Crippen LogP contribution in [0.25, 0.3) is 28.5 Å². The molecule has 4 bridgehead atoms. The van der Waals surface area contributed by atoms with Crippen LogP contribution in [0.5, 0.6) is 0 Å². The Morgan fingerprint density at radius 3 is 2.67 bits per heavy atom. The van der Waals surface area contributed by atoms with Crippen LogP contribution in [0.4, 0.5) is 8.78 Å². The van der Waals surface area contributed by atoms with Gasteiger partial charge in [-0.3, -0.25) is 9.78 Å². The molecule has 0 unspecified atom stereocenters.